The summed E-state index contributed by atoms with van der Waals surface area (Å²) < 4.78 is 5.70. The minimum absolute atomic E-state index is 0. The fourth-order valence-electron chi connectivity index (χ4n) is 1.63. The Morgan fingerprint density at radius 3 is 2.50 bits per heavy atom. The van der Waals surface area contributed by atoms with Gasteiger partial charge in [0.25, 0.3) is 0 Å². The second kappa shape index (κ2) is 9.67. The SMILES string of the molecule is CCC(C)Oc1[c-]cc(-c2cccc(Cl)c2)cc1.[Br-].[Mg+2]. The topological polar surface area (TPSA) is 9.23 Å². The molecule has 0 fully saturated rings. The van der Waals surface area contributed by atoms with E-state index in [4.69, 9.17) is 16.3 Å². The number of hydrogen-bond acceptors (Lipinski definition) is 1. The molecule has 0 amide bonds. The average molecular weight is 364 g/mol. The minimum atomic E-state index is 0. The Balaban J connectivity index is 0.00000180. The van der Waals surface area contributed by atoms with Gasteiger partial charge in [-0.15, -0.1) is 17.7 Å². The average Bonchev–Trinajstić information content (AvgIpc) is 2.39. The zero-order valence-electron chi connectivity index (χ0n) is 11.7. The van der Waals surface area contributed by atoms with Gasteiger partial charge in [0.05, 0.1) is 6.10 Å². The minimum Gasteiger partial charge on any atom is -1.00 e. The molecule has 0 radical (unpaired) electrons. The molecule has 0 aliphatic carbocycles. The zero-order chi connectivity index (χ0) is 13.0. The normalized spacial score (nSPS) is 10.9. The quantitative estimate of drug-likeness (QED) is 0.592. The zero-order valence-corrected chi connectivity index (χ0v) is 15.5. The Bertz CT molecular complexity index is 516. The van der Waals surface area contributed by atoms with E-state index < -0.39 is 0 Å². The van der Waals surface area contributed by atoms with Gasteiger partial charge >= 0.3 is 23.1 Å². The summed E-state index contributed by atoms with van der Waals surface area (Å²) in [5, 5.41) is 0.743. The first kappa shape index (κ1) is 19.8. The summed E-state index contributed by atoms with van der Waals surface area (Å²) in [7, 11) is 0. The summed E-state index contributed by atoms with van der Waals surface area (Å²) in [5.41, 5.74) is 2.18. The van der Waals surface area contributed by atoms with E-state index in [1.54, 1.807) is 0 Å². The molecule has 2 rings (SSSR count). The summed E-state index contributed by atoms with van der Waals surface area (Å²) in [5.74, 6) is 0.787. The van der Waals surface area contributed by atoms with E-state index in [1.807, 2.05) is 42.5 Å². The van der Waals surface area contributed by atoms with E-state index in [9.17, 15) is 0 Å². The molecule has 2 aromatic carbocycles. The van der Waals surface area contributed by atoms with Crippen LogP contribution in [0.5, 0.6) is 5.75 Å². The molecular formula is C16H16BrClMgO. The van der Waals surface area contributed by atoms with Gasteiger partial charge in [0.2, 0.25) is 0 Å². The van der Waals surface area contributed by atoms with Crippen molar-refractivity contribution in [3.63, 3.8) is 0 Å². The largest absolute Gasteiger partial charge is 2.00 e. The van der Waals surface area contributed by atoms with E-state index in [-0.39, 0.29) is 46.1 Å². The number of benzene rings is 2. The van der Waals surface area contributed by atoms with Crippen molar-refractivity contribution in [2.24, 2.45) is 0 Å². The number of rotatable bonds is 4. The van der Waals surface area contributed by atoms with Crippen LogP contribution in [-0.4, -0.2) is 29.2 Å². The van der Waals surface area contributed by atoms with Gasteiger partial charge in [-0.2, -0.15) is 12.1 Å². The molecule has 0 N–H and O–H groups in total. The summed E-state index contributed by atoms with van der Waals surface area (Å²) in [6.07, 6.45) is 1.21. The monoisotopic (exact) mass is 362 g/mol. The maximum Gasteiger partial charge on any atom is 2.00 e. The molecule has 20 heavy (non-hydrogen) atoms. The number of halogens is 2. The molecule has 0 bridgehead atoms. The molecule has 0 aliphatic rings. The van der Waals surface area contributed by atoms with E-state index in [0.29, 0.717) is 0 Å². The molecule has 102 valence electrons. The first-order chi connectivity index (χ1) is 8.69. The first-order valence-corrected chi connectivity index (χ1v) is 6.51. The van der Waals surface area contributed by atoms with Crippen molar-refractivity contribution < 1.29 is 21.7 Å². The van der Waals surface area contributed by atoms with Gasteiger partial charge in [0.15, 0.2) is 0 Å². The predicted octanol–water partition coefficient (Wildman–Crippen LogP) is 1.61. The molecule has 0 aliphatic heterocycles. The molecule has 1 unspecified atom stereocenters. The Morgan fingerprint density at radius 1 is 1.20 bits per heavy atom. The fourth-order valence-corrected chi connectivity index (χ4v) is 1.82. The van der Waals surface area contributed by atoms with Crippen LogP contribution in [0.25, 0.3) is 11.1 Å². The Morgan fingerprint density at radius 2 is 1.95 bits per heavy atom. The van der Waals surface area contributed by atoms with Crippen LogP contribution in [0.4, 0.5) is 0 Å². The van der Waals surface area contributed by atoms with E-state index in [1.165, 1.54) is 0 Å². The maximum atomic E-state index is 5.98. The molecule has 2 aromatic rings. The third kappa shape index (κ3) is 5.64. The Kier molecular flexibility index (Phi) is 9.56. The van der Waals surface area contributed by atoms with E-state index in [0.717, 1.165) is 28.3 Å². The van der Waals surface area contributed by atoms with Crippen LogP contribution >= 0.6 is 11.6 Å². The van der Waals surface area contributed by atoms with Crippen LogP contribution in [0, 0.1) is 6.07 Å². The van der Waals surface area contributed by atoms with E-state index in [2.05, 4.69) is 19.9 Å². The van der Waals surface area contributed by atoms with Crippen LogP contribution in [0.2, 0.25) is 5.02 Å². The van der Waals surface area contributed by atoms with Gasteiger partial charge < -0.3 is 21.7 Å². The Hall–Kier alpha value is -0.224. The van der Waals surface area contributed by atoms with Crippen molar-refractivity contribution in [3.8, 4) is 16.9 Å². The van der Waals surface area contributed by atoms with Crippen molar-refractivity contribution in [1.29, 1.82) is 0 Å². The third-order valence-electron chi connectivity index (χ3n) is 2.85. The molecule has 0 saturated carbocycles. The van der Waals surface area contributed by atoms with Gasteiger partial charge in [0, 0.05) is 10.8 Å². The van der Waals surface area contributed by atoms with Crippen molar-refractivity contribution in [1.82, 2.24) is 0 Å². The second-order valence-electron chi connectivity index (χ2n) is 4.29. The van der Waals surface area contributed by atoms with Gasteiger partial charge in [-0.3, -0.25) is 0 Å². The summed E-state index contributed by atoms with van der Waals surface area (Å²) >= 11 is 5.98. The summed E-state index contributed by atoms with van der Waals surface area (Å²) in [6.45, 7) is 4.16. The van der Waals surface area contributed by atoms with Gasteiger partial charge in [-0.25, -0.2) is 0 Å². The van der Waals surface area contributed by atoms with Crippen LogP contribution in [0.1, 0.15) is 20.3 Å². The molecule has 1 atom stereocenters. The van der Waals surface area contributed by atoms with Crippen LogP contribution in [0.3, 0.4) is 0 Å². The smallest absolute Gasteiger partial charge is 1.00 e. The van der Waals surface area contributed by atoms with Gasteiger partial charge in [-0.1, -0.05) is 36.2 Å². The second-order valence-corrected chi connectivity index (χ2v) is 4.73. The van der Waals surface area contributed by atoms with Crippen molar-refractivity contribution in [2.45, 2.75) is 26.4 Å². The van der Waals surface area contributed by atoms with Gasteiger partial charge in [0.1, 0.15) is 0 Å². The molecule has 0 heterocycles. The predicted molar refractivity (Wildman–Crippen MR) is 81.9 cm³/mol. The standard InChI is InChI=1S/C16H16ClO.BrH.Mg/c1-3-12(2)18-16-9-7-13(8-10-16)14-5-4-6-15(17)11-14;;/h4-9,11-12H,3H2,1-2H3;1H;/q-1;;+2/p-1. The fraction of sp³-hybridized carbons (Fsp3) is 0.250. The first-order valence-electron chi connectivity index (χ1n) is 6.13. The molecule has 4 heteroatoms. The summed E-state index contributed by atoms with van der Waals surface area (Å²) in [4.78, 5) is 0. The molecule has 0 aromatic heterocycles. The van der Waals surface area contributed by atoms with Crippen LogP contribution in [-0.2, 0) is 0 Å². The van der Waals surface area contributed by atoms with Crippen molar-refractivity contribution in [2.75, 3.05) is 0 Å². The molecular weight excluding hydrogens is 348 g/mol. The molecule has 0 saturated heterocycles. The Labute approximate surface area is 152 Å². The maximum absolute atomic E-state index is 5.98. The van der Waals surface area contributed by atoms with Crippen molar-refractivity contribution in [3.05, 3.63) is 53.6 Å². The number of hydrogen-bond donors (Lipinski definition) is 0. The van der Waals surface area contributed by atoms with Crippen LogP contribution < -0.4 is 21.7 Å². The molecule has 0 spiro atoms. The van der Waals surface area contributed by atoms with Crippen molar-refractivity contribution >= 4 is 34.7 Å². The van der Waals surface area contributed by atoms with Crippen LogP contribution in [0.15, 0.2) is 42.5 Å². The van der Waals surface area contributed by atoms with Gasteiger partial charge in [-0.05, 0) is 25.5 Å². The number of ether oxygens (including phenoxy) is 1. The third-order valence-corrected chi connectivity index (χ3v) is 3.08. The van der Waals surface area contributed by atoms with E-state index >= 15 is 0 Å². The summed E-state index contributed by atoms with van der Waals surface area (Å²) in [6, 6.07) is 16.9. The molecule has 1 nitrogen and oxygen atoms in total.